The first-order valence-electron chi connectivity index (χ1n) is 14.0. The lowest BCUT2D eigenvalue weighted by molar-refractivity contribution is -0.132. The lowest BCUT2D eigenvalue weighted by atomic mass is 9.95. The number of carbonyl (C=O) groups excluding carboxylic acids is 2. The number of ether oxygens (including phenoxy) is 3. The summed E-state index contributed by atoms with van der Waals surface area (Å²) in [6.07, 6.45) is 1.88. The normalized spacial score (nSPS) is 16.3. The highest BCUT2D eigenvalue weighted by Crippen LogP contribution is 2.46. The number of thiazole rings is 1. The van der Waals surface area contributed by atoms with Gasteiger partial charge in [-0.1, -0.05) is 48.9 Å². The van der Waals surface area contributed by atoms with Crippen molar-refractivity contribution in [2.45, 2.75) is 46.6 Å². The second-order valence-corrected chi connectivity index (χ2v) is 11.2. The Bertz CT molecular complexity index is 1690. The Hall–Kier alpha value is -4.37. The molecule has 1 N–H and O–H groups in total. The lowest BCUT2D eigenvalue weighted by Crippen LogP contribution is -2.29. The third-order valence-corrected chi connectivity index (χ3v) is 8.15. The maximum Gasteiger partial charge on any atom is 0.301 e. The first-order valence-corrected chi connectivity index (χ1v) is 14.8. The van der Waals surface area contributed by atoms with E-state index in [9.17, 15) is 14.7 Å². The molecule has 1 aliphatic heterocycles. The van der Waals surface area contributed by atoms with Crippen LogP contribution in [0.2, 0.25) is 0 Å². The van der Waals surface area contributed by atoms with Gasteiger partial charge in [-0.05, 0) is 74.2 Å². The van der Waals surface area contributed by atoms with Gasteiger partial charge in [0.25, 0.3) is 5.78 Å². The summed E-state index contributed by atoms with van der Waals surface area (Å²) in [4.78, 5) is 33.6. The fourth-order valence-corrected chi connectivity index (χ4v) is 6.33. The number of anilines is 1. The van der Waals surface area contributed by atoms with Crippen molar-refractivity contribution < 1.29 is 28.9 Å². The smallest absolute Gasteiger partial charge is 0.301 e. The van der Waals surface area contributed by atoms with E-state index in [1.54, 1.807) is 49.6 Å². The zero-order valence-electron chi connectivity index (χ0n) is 24.4. The first-order chi connectivity index (χ1) is 20.3. The summed E-state index contributed by atoms with van der Waals surface area (Å²) < 4.78 is 18.1. The van der Waals surface area contributed by atoms with Crippen LogP contribution in [0.5, 0.6) is 17.2 Å². The minimum absolute atomic E-state index is 0.0393. The summed E-state index contributed by atoms with van der Waals surface area (Å²) in [7, 11) is 1.54. The van der Waals surface area contributed by atoms with Crippen LogP contribution in [0.4, 0.5) is 5.13 Å². The highest BCUT2D eigenvalue weighted by Gasteiger charge is 2.48. The molecule has 1 amide bonds. The van der Waals surface area contributed by atoms with Crippen LogP contribution >= 0.6 is 11.3 Å². The molecular weight excluding hydrogens is 552 g/mol. The van der Waals surface area contributed by atoms with E-state index in [0.717, 1.165) is 34.2 Å². The number of hydrogen-bond donors (Lipinski definition) is 1. The quantitative estimate of drug-likeness (QED) is 0.0914. The number of amides is 1. The van der Waals surface area contributed by atoms with Crippen molar-refractivity contribution in [1.82, 2.24) is 4.98 Å². The maximum absolute atomic E-state index is 13.7. The molecule has 42 heavy (non-hydrogen) atoms. The zero-order valence-corrected chi connectivity index (χ0v) is 25.2. The van der Waals surface area contributed by atoms with E-state index >= 15 is 0 Å². The van der Waals surface area contributed by atoms with E-state index in [1.807, 2.05) is 32.9 Å². The predicted molar refractivity (Wildman–Crippen MR) is 165 cm³/mol. The summed E-state index contributed by atoms with van der Waals surface area (Å²) in [5.41, 5.74) is 3.72. The number of methoxy groups -OCH3 is 1. The van der Waals surface area contributed by atoms with Gasteiger partial charge in [0.15, 0.2) is 16.6 Å². The molecule has 3 aromatic carbocycles. The van der Waals surface area contributed by atoms with Crippen molar-refractivity contribution in [3.8, 4) is 17.2 Å². The number of aliphatic hydroxyl groups is 1. The van der Waals surface area contributed by atoms with E-state index in [-0.39, 0.29) is 11.3 Å². The predicted octanol–water partition coefficient (Wildman–Crippen LogP) is 7.13. The number of fused-ring (bicyclic) bond motifs is 1. The van der Waals surface area contributed by atoms with Crippen LogP contribution in [-0.4, -0.2) is 42.1 Å². The fourth-order valence-electron chi connectivity index (χ4n) is 5.16. The Balaban J connectivity index is 1.70. The molecular formula is C33H34N2O6S. The van der Waals surface area contributed by atoms with Crippen LogP contribution < -0.4 is 19.1 Å². The Morgan fingerprint density at radius 3 is 2.57 bits per heavy atom. The van der Waals surface area contributed by atoms with Crippen LogP contribution in [0.1, 0.15) is 55.0 Å². The van der Waals surface area contributed by atoms with E-state index in [0.29, 0.717) is 46.7 Å². The maximum atomic E-state index is 13.7. The van der Waals surface area contributed by atoms with Crippen molar-refractivity contribution in [2.24, 2.45) is 0 Å². The Labute approximate surface area is 249 Å². The third-order valence-electron chi connectivity index (χ3n) is 7.15. The van der Waals surface area contributed by atoms with Crippen molar-refractivity contribution in [3.05, 3.63) is 82.4 Å². The van der Waals surface area contributed by atoms with Gasteiger partial charge in [0.05, 0.1) is 42.2 Å². The minimum atomic E-state index is -0.957. The summed E-state index contributed by atoms with van der Waals surface area (Å²) in [6.45, 7) is 8.90. The third kappa shape index (κ3) is 5.44. The Morgan fingerprint density at radius 2 is 1.83 bits per heavy atom. The first kappa shape index (κ1) is 29.1. The molecule has 0 saturated carbocycles. The molecule has 2 heterocycles. The van der Waals surface area contributed by atoms with Gasteiger partial charge in [-0.2, -0.15) is 0 Å². The number of aromatic nitrogens is 1. The van der Waals surface area contributed by atoms with Gasteiger partial charge in [0.2, 0.25) is 0 Å². The van der Waals surface area contributed by atoms with Gasteiger partial charge in [0, 0.05) is 5.56 Å². The number of rotatable bonds is 10. The highest BCUT2D eigenvalue weighted by molar-refractivity contribution is 7.22. The molecule has 5 rings (SSSR count). The van der Waals surface area contributed by atoms with Crippen LogP contribution in [0, 0.1) is 13.8 Å². The second-order valence-electron chi connectivity index (χ2n) is 10.2. The zero-order chi connectivity index (χ0) is 30.0. The minimum Gasteiger partial charge on any atom is -0.507 e. The number of aliphatic hydroxyl groups excluding tert-OH is 1. The van der Waals surface area contributed by atoms with Crippen molar-refractivity contribution in [1.29, 1.82) is 0 Å². The van der Waals surface area contributed by atoms with Gasteiger partial charge in [-0.15, -0.1) is 0 Å². The molecule has 0 bridgehead atoms. The number of unbranched alkanes of at least 4 members (excludes halogenated alkanes) is 1. The van der Waals surface area contributed by atoms with Crippen LogP contribution in [-0.2, 0) is 9.59 Å². The number of nitrogens with zero attached hydrogens (tertiary/aromatic N) is 2. The molecule has 1 atom stereocenters. The van der Waals surface area contributed by atoms with Crippen LogP contribution in [0.25, 0.3) is 16.0 Å². The van der Waals surface area contributed by atoms with E-state index in [1.165, 1.54) is 16.2 Å². The summed E-state index contributed by atoms with van der Waals surface area (Å²) in [5.74, 6) is -0.297. The number of aryl methyl sites for hydroxylation is 2. The molecule has 1 unspecified atom stereocenters. The van der Waals surface area contributed by atoms with Crippen molar-refractivity contribution >= 4 is 44.1 Å². The molecule has 8 nitrogen and oxygen atoms in total. The topological polar surface area (TPSA) is 98.2 Å². The van der Waals surface area contributed by atoms with Crippen LogP contribution in [0.15, 0.2) is 60.2 Å². The number of carbonyl (C=O) groups is 2. The Kier molecular flexibility index (Phi) is 8.49. The van der Waals surface area contributed by atoms with Gasteiger partial charge >= 0.3 is 5.91 Å². The number of hydrogen-bond acceptors (Lipinski definition) is 8. The molecule has 1 saturated heterocycles. The average Bonchev–Trinajstić information content (AvgIpc) is 3.51. The average molecular weight is 587 g/mol. The van der Waals surface area contributed by atoms with E-state index in [2.05, 4.69) is 6.92 Å². The standard InChI is InChI=1S/C33H34N2O6S/c1-6-8-14-41-24-13-12-21(18-25(24)39-5)29-27(30(36)22-10-9-11-23(17-22)40-7-2)31(37)32(38)35(29)33-34-28-20(4)15-19(3)16-26(28)42-33/h9-13,15-18,29,36H,6-8,14H2,1-5H3/b30-27+. The molecule has 1 fully saturated rings. The molecule has 218 valence electrons. The number of Topliss-reactive ketones (excluding diaryl/α,β-unsaturated/α-hetero) is 1. The SMILES string of the molecule is CCCCOc1ccc(C2/C(=C(\O)c3cccc(OCC)c3)C(=O)C(=O)N2c2nc3c(C)cc(C)cc3s2)cc1OC. The molecule has 1 aromatic heterocycles. The summed E-state index contributed by atoms with van der Waals surface area (Å²) >= 11 is 1.33. The monoisotopic (exact) mass is 586 g/mol. The number of ketones is 1. The second kappa shape index (κ2) is 12.2. The van der Waals surface area contributed by atoms with Crippen molar-refractivity contribution in [2.75, 3.05) is 25.2 Å². The molecule has 0 radical (unpaired) electrons. The number of benzene rings is 3. The van der Waals surface area contributed by atoms with E-state index in [4.69, 9.17) is 19.2 Å². The van der Waals surface area contributed by atoms with Gasteiger partial charge in [-0.3, -0.25) is 14.5 Å². The van der Waals surface area contributed by atoms with Crippen LogP contribution in [0.3, 0.4) is 0 Å². The molecule has 0 spiro atoms. The van der Waals surface area contributed by atoms with Gasteiger partial charge in [-0.25, -0.2) is 4.98 Å². The largest absolute Gasteiger partial charge is 0.507 e. The van der Waals surface area contributed by atoms with Gasteiger partial charge in [0.1, 0.15) is 11.5 Å². The molecule has 1 aliphatic rings. The molecule has 9 heteroatoms. The van der Waals surface area contributed by atoms with Crippen molar-refractivity contribution in [3.63, 3.8) is 0 Å². The molecule has 4 aromatic rings. The molecule has 0 aliphatic carbocycles. The lowest BCUT2D eigenvalue weighted by Gasteiger charge is -2.24. The fraction of sp³-hybridized carbons (Fsp3) is 0.303. The van der Waals surface area contributed by atoms with E-state index < -0.39 is 17.7 Å². The summed E-state index contributed by atoms with van der Waals surface area (Å²) in [5, 5.41) is 12.0. The highest BCUT2D eigenvalue weighted by atomic mass is 32.1. The Morgan fingerprint density at radius 1 is 1.02 bits per heavy atom. The summed E-state index contributed by atoms with van der Waals surface area (Å²) in [6, 6.07) is 15.2. The van der Waals surface area contributed by atoms with Gasteiger partial charge < -0.3 is 19.3 Å².